The molecule has 5 nitrogen and oxygen atoms in total. The maximum absolute atomic E-state index is 0. The van der Waals surface area contributed by atoms with Gasteiger partial charge in [-0.1, -0.05) is 0 Å². The van der Waals surface area contributed by atoms with E-state index in [0.717, 1.165) is 0 Å². The first-order valence-corrected chi connectivity index (χ1v) is 0. The van der Waals surface area contributed by atoms with Crippen LogP contribution in [-0.4, -0.2) is 0 Å². The molecule has 0 spiro atoms. The molecule has 0 aliphatic heterocycles. The van der Waals surface area contributed by atoms with Gasteiger partial charge in [-0.15, -0.1) is 0 Å². The molecule has 10 N–H and O–H groups in total. The normalized spacial score (nSPS) is 0. The summed E-state index contributed by atoms with van der Waals surface area (Å²) >= 11 is 0. The molecule has 6 heavy (non-hydrogen) atoms. The van der Waals surface area contributed by atoms with Gasteiger partial charge < -0.3 is 30.8 Å². The van der Waals surface area contributed by atoms with Crippen LogP contribution in [0.5, 0.6) is 0 Å². The summed E-state index contributed by atoms with van der Waals surface area (Å²) in [6.45, 7) is 0. The first kappa shape index (κ1) is 1250. The summed E-state index contributed by atoms with van der Waals surface area (Å²) in [7, 11) is 0. The Bertz CT molecular complexity index is 3.90. The van der Waals surface area contributed by atoms with Crippen LogP contribution in [0.25, 0.3) is 30.8 Å². The third kappa shape index (κ3) is 340. The van der Waals surface area contributed by atoms with Crippen molar-refractivity contribution in [1.29, 1.82) is 0 Å². The van der Waals surface area contributed by atoms with Gasteiger partial charge in [0.1, 0.15) is 0 Å². The number of hydrogen-bond donors (Lipinski definition) is 0. The molecule has 0 fully saturated rings. The van der Waals surface area contributed by atoms with E-state index in [9.17, 15) is 0 Å². The smallest absolute Gasteiger partial charge is 0 e. The zero-order valence-corrected chi connectivity index (χ0v) is 4.73. The van der Waals surface area contributed by atoms with Crippen LogP contribution in [0.2, 0.25) is 0 Å². The summed E-state index contributed by atoms with van der Waals surface area (Å²) in [5, 5.41) is 0. The van der Waals surface area contributed by atoms with E-state index in [4.69, 9.17) is 0 Å². The molecule has 0 aromatic carbocycles. The second-order valence-corrected chi connectivity index (χ2v) is 0. The Morgan fingerprint density at radius 2 is 0.333 bits per heavy atom. The zero-order chi connectivity index (χ0) is 0. The minimum Gasteiger partial charge on any atom is -0.693 e. The minimum atomic E-state index is 0. The van der Waals surface area contributed by atoms with Crippen LogP contribution in [0.3, 0.4) is 0 Å². The Morgan fingerprint density at radius 3 is 0.333 bits per heavy atom. The van der Waals surface area contributed by atoms with Gasteiger partial charge in [-0.2, -0.15) is 0 Å². The molecule has 0 saturated heterocycles. The summed E-state index contributed by atoms with van der Waals surface area (Å²) in [4.78, 5) is 0. The van der Waals surface area contributed by atoms with Crippen LogP contribution < -0.4 is 0 Å². The van der Waals surface area contributed by atoms with Crippen LogP contribution in [0.1, 0.15) is 0 Å². The van der Waals surface area contributed by atoms with Crippen molar-refractivity contribution in [2.45, 2.75) is 0 Å². The fourth-order valence-corrected chi connectivity index (χ4v) is 0. The predicted molar refractivity (Wildman–Crippen MR) is 26.4 cm³/mol. The third-order valence-electron chi connectivity index (χ3n) is 0. The largest absolute Gasteiger partial charge is 0.693 e. The van der Waals surface area contributed by atoms with Gasteiger partial charge in [0.2, 0.25) is 0 Å². The predicted octanol–water partition coefficient (Wildman–Crippen LogP) is 3.58. The Kier molecular flexibility index (Phi) is 146000. The molecular weight excluding hydrogens is 121 g/mol. The molecule has 0 aromatic heterocycles. The average molecular weight is 131 g/mol. The van der Waals surface area contributed by atoms with Crippen LogP contribution in [0.15, 0.2) is 0 Å². The van der Waals surface area contributed by atoms with Crippen molar-refractivity contribution in [2.24, 2.45) is 0 Å². The van der Waals surface area contributed by atoms with E-state index in [-0.39, 0.29) is 49.3 Å². The first-order chi connectivity index (χ1) is 0. The topological polar surface area (TPSA) is 168 Å². The fourth-order valence-electron chi connectivity index (χ4n) is 0. The molecule has 0 rings (SSSR count). The summed E-state index contributed by atoms with van der Waals surface area (Å²) in [6.07, 6.45) is 0. The number of hydrogen-bond acceptors (Lipinski definition) is 0. The van der Waals surface area contributed by atoms with Crippen LogP contribution in [0, 0.1) is 0 Å². The van der Waals surface area contributed by atoms with Gasteiger partial charge in [0.15, 0.2) is 0 Å². The van der Waals surface area contributed by atoms with Crippen LogP contribution in [-0.2, 0) is 18.6 Å². The molecule has 0 aliphatic carbocycles. The van der Waals surface area contributed by atoms with Crippen LogP contribution >= 0.6 is 0 Å². The molecule has 0 amide bonds. The van der Waals surface area contributed by atoms with E-state index < -0.39 is 0 Å². The standard InChI is InChI=1S/5H2N.V/h5*1H2;/q5*-1;. The van der Waals surface area contributed by atoms with Gasteiger partial charge in [0.05, 0.1) is 0 Å². The fraction of sp³-hybridized carbons (Fsp3) is 0. The van der Waals surface area contributed by atoms with E-state index >= 15 is 0 Å². The van der Waals surface area contributed by atoms with Crippen molar-refractivity contribution in [3.8, 4) is 0 Å². The Hall–Kier alpha value is 0.384. The van der Waals surface area contributed by atoms with E-state index in [1.807, 2.05) is 0 Å². The molecule has 0 aromatic rings. The number of rotatable bonds is 0. The summed E-state index contributed by atoms with van der Waals surface area (Å²) < 4.78 is 0. The molecule has 6 heteroatoms. The van der Waals surface area contributed by atoms with Crippen LogP contribution in [0.4, 0.5) is 0 Å². The Morgan fingerprint density at radius 1 is 0.333 bits per heavy atom. The van der Waals surface area contributed by atoms with E-state index in [2.05, 4.69) is 0 Å². The molecule has 0 saturated carbocycles. The van der Waals surface area contributed by atoms with Crippen molar-refractivity contribution in [3.63, 3.8) is 0 Å². The monoisotopic (exact) mass is 131 g/mol. The second kappa shape index (κ2) is 700. The van der Waals surface area contributed by atoms with Crippen molar-refractivity contribution < 1.29 is 18.6 Å². The first-order valence-electron chi connectivity index (χ1n) is 0. The van der Waals surface area contributed by atoms with Gasteiger partial charge in [-0.3, -0.25) is 0 Å². The van der Waals surface area contributed by atoms with E-state index in [1.165, 1.54) is 0 Å². The second-order valence-electron chi connectivity index (χ2n) is 0. The van der Waals surface area contributed by atoms with Crippen molar-refractivity contribution >= 4 is 0 Å². The SMILES string of the molecule is [NH2-].[NH2-].[NH2-].[NH2-].[NH2-].[V]. The number of nitrogens with two attached hydrogens (primary N) is 5. The van der Waals surface area contributed by atoms with Gasteiger partial charge in [0, 0.05) is 18.6 Å². The molecule has 0 heterocycles. The summed E-state index contributed by atoms with van der Waals surface area (Å²) in [5.74, 6) is 0. The maximum Gasteiger partial charge on any atom is 0 e. The molecule has 0 aliphatic rings. The van der Waals surface area contributed by atoms with Gasteiger partial charge in [-0.05, 0) is 0 Å². The molecule has 0 unspecified atom stereocenters. The quantitative estimate of drug-likeness (QED) is 0.468. The molecular formula is H10N5V-5. The van der Waals surface area contributed by atoms with E-state index in [1.54, 1.807) is 0 Å². The molecule has 0 bridgehead atoms. The summed E-state index contributed by atoms with van der Waals surface area (Å²) in [6, 6.07) is 0. The molecule has 45 valence electrons. The van der Waals surface area contributed by atoms with Crippen molar-refractivity contribution in [2.75, 3.05) is 0 Å². The van der Waals surface area contributed by atoms with Crippen molar-refractivity contribution in [1.82, 2.24) is 0 Å². The third-order valence-corrected chi connectivity index (χ3v) is 0. The van der Waals surface area contributed by atoms with Gasteiger partial charge >= 0.3 is 0 Å². The van der Waals surface area contributed by atoms with E-state index in [0.29, 0.717) is 0 Å². The molecule has 0 atom stereocenters. The average Bonchev–Trinajstić information content (AvgIpc) is 0. The maximum atomic E-state index is 0. The Balaban J connectivity index is 0. The van der Waals surface area contributed by atoms with Gasteiger partial charge in [-0.25, -0.2) is 0 Å². The Labute approximate surface area is 50.1 Å². The summed E-state index contributed by atoms with van der Waals surface area (Å²) in [5.41, 5.74) is 0. The van der Waals surface area contributed by atoms with Crippen molar-refractivity contribution in [3.05, 3.63) is 30.8 Å². The minimum absolute atomic E-state index is 0. The zero-order valence-electron chi connectivity index (χ0n) is 3.33. The van der Waals surface area contributed by atoms with Gasteiger partial charge in [0.25, 0.3) is 0 Å². The molecule has 1 radical (unpaired) electrons.